The van der Waals surface area contributed by atoms with Crippen molar-refractivity contribution >= 4 is 21.2 Å². The second kappa shape index (κ2) is 7.39. The number of nitrogens with zero attached hydrogens (tertiary/aromatic N) is 2. The molecule has 146 valence electrons. The summed E-state index contributed by atoms with van der Waals surface area (Å²) in [5.41, 5.74) is 2.90. The predicted octanol–water partition coefficient (Wildman–Crippen LogP) is 3.33. The van der Waals surface area contributed by atoms with Crippen LogP contribution in [-0.4, -0.2) is 23.1 Å². The van der Waals surface area contributed by atoms with Gasteiger partial charge in [0.25, 0.3) is 5.56 Å². The Kier molecular flexibility index (Phi) is 4.93. The second-order valence-corrected chi connectivity index (χ2v) is 9.58. The first-order chi connectivity index (χ1) is 13.4. The van der Waals surface area contributed by atoms with Crippen LogP contribution >= 0.6 is 0 Å². The van der Waals surface area contributed by atoms with E-state index in [2.05, 4.69) is 10.3 Å². The predicted molar refractivity (Wildman–Crippen MR) is 109 cm³/mol. The van der Waals surface area contributed by atoms with Crippen LogP contribution in [0.1, 0.15) is 36.9 Å². The third-order valence-electron chi connectivity index (χ3n) is 5.26. The molecule has 1 N–H and O–H groups in total. The van der Waals surface area contributed by atoms with Gasteiger partial charge in [0.05, 0.1) is 22.4 Å². The number of anilines is 1. The molecule has 0 radical (unpaired) electrons. The maximum atomic E-state index is 12.6. The van der Waals surface area contributed by atoms with Gasteiger partial charge in [0, 0.05) is 18.0 Å². The summed E-state index contributed by atoms with van der Waals surface area (Å²) < 4.78 is 26.8. The van der Waals surface area contributed by atoms with Gasteiger partial charge in [-0.3, -0.25) is 9.20 Å². The first-order valence-electron chi connectivity index (χ1n) is 9.50. The van der Waals surface area contributed by atoms with Crippen molar-refractivity contribution in [2.75, 3.05) is 5.32 Å². The van der Waals surface area contributed by atoms with E-state index in [1.54, 1.807) is 30.5 Å². The topological polar surface area (TPSA) is 80.5 Å². The molecule has 1 fully saturated rings. The van der Waals surface area contributed by atoms with Crippen molar-refractivity contribution < 1.29 is 8.42 Å². The molecule has 0 aliphatic heterocycles. The van der Waals surface area contributed by atoms with Crippen LogP contribution in [-0.2, 0) is 16.4 Å². The van der Waals surface area contributed by atoms with Crippen molar-refractivity contribution in [2.45, 2.75) is 49.3 Å². The largest absolute Gasteiger partial charge is 0.379 e. The number of rotatable bonds is 5. The van der Waals surface area contributed by atoms with E-state index in [9.17, 15) is 13.2 Å². The molecule has 2 heterocycles. The molecule has 2 aromatic heterocycles. The average Bonchev–Trinajstić information content (AvgIpc) is 3.23. The van der Waals surface area contributed by atoms with Crippen LogP contribution in [0.4, 0.5) is 5.69 Å². The lowest BCUT2D eigenvalue weighted by molar-refractivity contribution is 0.579. The van der Waals surface area contributed by atoms with Crippen molar-refractivity contribution in [3.8, 4) is 0 Å². The van der Waals surface area contributed by atoms with Crippen molar-refractivity contribution in [3.05, 3.63) is 70.3 Å². The average molecular weight is 398 g/mol. The molecule has 0 spiro atoms. The van der Waals surface area contributed by atoms with E-state index in [-0.39, 0.29) is 10.8 Å². The summed E-state index contributed by atoms with van der Waals surface area (Å²) in [4.78, 5) is 17.2. The highest BCUT2D eigenvalue weighted by Crippen LogP contribution is 2.30. The first kappa shape index (κ1) is 18.7. The molecular weight excluding hydrogens is 374 g/mol. The molecule has 1 saturated carbocycles. The lowest BCUT2D eigenvalue weighted by Crippen LogP contribution is -2.18. The lowest BCUT2D eigenvalue weighted by atomic mass is 10.3. The van der Waals surface area contributed by atoms with Crippen LogP contribution < -0.4 is 10.9 Å². The normalized spacial score (nSPS) is 15.2. The standard InChI is InChI=1S/C21H23N3O3S/c1-15-6-11-20-23-17(12-21(25)24(20)14-15)13-22-16-7-9-19(10-8-16)28(26,27)18-4-2-3-5-18/h6-12,14,18,22H,2-5,13H2,1H3. The number of aromatic nitrogens is 2. The highest BCUT2D eigenvalue weighted by Gasteiger charge is 2.30. The van der Waals surface area contributed by atoms with Crippen molar-refractivity contribution in [3.63, 3.8) is 0 Å². The monoisotopic (exact) mass is 397 g/mol. The van der Waals surface area contributed by atoms with E-state index in [0.717, 1.165) is 36.9 Å². The molecule has 0 unspecified atom stereocenters. The van der Waals surface area contributed by atoms with E-state index in [1.165, 1.54) is 10.5 Å². The maximum Gasteiger partial charge on any atom is 0.258 e. The Labute approximate surface area is 164 Å². The minimum absolute atomic E-state index is 0.122. The van der Waals surface area contributed by atoms with E-state index in [4.69, 9.17) is 0 Å². The summed E-state index contributed by atoms with van der Waals surface area (Å²) in [6.45, 7) is 2.31. The number of fused-ring (bicyclic) bond motifs is 1. The van der Waals surface area contributed by atoms with Gasteiger partial charge in [0.1, 0.15) is 5.65 Å². The molecule has 7 heteroatoms. The van der Waals surface area contributed by atoms with Gasteiger partial charge in [-0.2, -0.15) is 0 Å². The van der Waals surface area contributed by atoms with Gasteiger partial charge in [-0.25, -0.2) is 13.4 Å². The molecule has 0 atom stereocenters. The third kappa shape index (κ3) is 3.67. The fraction of sp³-hybridized carbons (Fsp3) is 0.333. The van der Waals surface area contributed by atoms with Gasteiger partial charge in [0.15, 0.2) is 9.84 Å². The Morgan fingerprint density at radius 3 is 2.54 bits per heavy atom. The highest BCUT2D eigenvalue weighted by molar-refractivity contribution is 7.92. The summed E-state index contributed by atoms with van der Waals surface area (Å²) >= 11 is 0. The van der Waals surface area contributed by atoms with Crippen LogP contribution in [0.5, 0.6) is 0 Å². The van der Waals surface area contributed by atoms with Gasteiger partial charge in [-0.1, -0.05) is 18.9 Å². The first-order valence-corrected chi connectivity index (χ1v) is 11.0. The Hall–Kier alpha value is -2.67. The van der Waals surface area contributed by atoms with Crippen LogP contribution in [0, 0.1) is 6.92 Å². The zero-order chi connectivity index (χ0) is 19.7. The maximum absolute atomic E-state index is 12.6. The molecule has 4 rings (SSSR count). The summed E-state index contributed by atoms with van der Waals surface area (Å²) in [5, 5.41) is 2.96. The minimum atomic E-state index is -3.24. The molecule has 1 aliphatic carbocycles. The van der Waals surface area contributed by atoms with Gasteiger partial charge in [-0.05, 0) is 55.7 Å². The van der Waals surface area contributed by atoms with Gasteiger partial charge in [0.2, 0.25) is 0 Å². The fourth-order valence-corrected chi connectivity index (χ4v) is 5.55. The molecular formula is C21H23N3O3S. The lowest BCUT2D eigenvalue weighted by Gasteiger charge is -2.12. The molecule has 0 bridgehead atoms. The molecule has 0 saturated heterocycles. The minimum Gasteiger partial charge on any atom is -0.379 e. The number of aryl methyl sites for hydroxylation is 1. The fourth-order valence-electron chi connectivity index (χ4n) is 3.69. The Morgan fingerprint density at radius 2 is 1.82 bits per heavy atom. The number of benzene rings is 1. The van der Waals surface area contributed by atoms with E-state index >= 15 is 0 Å². The Morgan fingerprint density at radius 1 is 1.11 bits per heavy atom. The van der Waals surface area contributed by atoms with Crippen molar-refractivity contribution in [2.24, 2.45) is 0 Å². The Balaban J connectivity index is 1.49. The van der Waals surface area contributed by atoms with Gasteiger partial charge < -0.3 is 5.32 Å². The number of hydrogen-bond donors (Lipinski definition) is 1. The van der Waals surface area contributed by atoms with Gasteiger partial charge in [-0.15, -0.1) is 0 Å². The zero-order valence-corrected chi connectivity index (χ0v) is 16.6. The van der Waals surface area contributed by atoms with Crippen molar-refractivity contribution in [1.82, 2.24) is 9.38 Å². The number of hydrogen-bond acceptors (Lipinski definition) is 5. The highest BCUT2D eigenvalue weighted by atomic mass is 32.2. The molecule has 28 heavy (non-hydrogen) atoms. The number of sulfone groups is 1. The van der Waals surface area contributed by atoms with E-state index in [1.807, 2.05) is 19.1 Å². The van der Waals surface area contributed by atoms with Crippen LogP contribution in [0.25, 0.3) is 5.65 Å². The molecule has 3 aromatic rings. The second-order valence-electron chi connectivity index (χ2n) is 7.35. The van der Waals surface area contributed by atoms with E-state index < -0.39 is 9.84 Å². The summed E-state index contributed by atoms with van der Waals surface area (Å²) in [6.07, 6.45) is 5.26. The summed E-state index contributed by atoms with van der Waals surface area (Å²) in [5.74, 6) is 0. The quantitative estimate of drug-likeness (QED) is 0.714. The zero-order valence-electron chi connectivity index (χ0n) is 15.8. The van der Waals surface area contributed by atoms with Crippen LogP contribution in [0.2, 0.25) is 0 Å². The molecule has 0 amide bonds. The van der Waals surface area contributed by atoms with Crippen LogP contribution in [0.15, 0.2) is 58.4 Å². The van der Waals surface area contributed by atoms with Crippen LogP contribution in [0.3, 0.4) is 0 Å². The number of pyridine rings is 1. The summed E-state index contributed by atoms with van der Waals surface area (Å²) in [6, 6.07) is 12.1. The summed E-state index contributed by atoms with van der Waals surface area (Å²) in [7, 11) is -3.24. The Bertz CT molecular complexity index is 1160. The third-order valence-corrected chi connectivity index (χ3v) is 7.54. The van der Waals surface area contributed by atoms with Crippen molar-refractivity contribution in [1.29, 1.82) is 0 Å². The smallest absolute Gasteiger partial charge is 0.258 e. The van der Waals surface area contributed by atoms with Gasteiger partial charge >= 0.3 is 0 Å². The molecule has 1 aromatic carbocycles. The molecule has 6 nitrogen and oxygen atoms in total. The molecule has 1 aliphatic rings. The van der Waals surface area contributed by atoms with E-state index in [0.29, 0.717) is 22.8 Å². The number of nitrogens with one attached hydrogen (secondary N) is 1. The SMILES string of the molecule is Cc1ccc2nc(CNc3ccc(S(=O)(=O)C4CCCC4)cc3)cc(=O)n2c1.